The molecule has 0 saturated heterocycles. The minimum Gasteiger partial charge on any atom is -0.497 e. The first-order valence-corrected chi connectivity index (χ1v) is 19.3. The summed E-state index contributed by atoms with van der Waals surface area (Å²) >= 11 is 0. The molecule has 0 N–H and O–H groups in total. The minimum atomic E-state index is -4.19. The SMILES string of the molecule is COC(=O)C(C(=O)OC)C(CS(=O)(=O)N(Cc1ccc(OC)cc1)Cc1ccc(OC)cc1)c1ccc(OCc2cccc(-c3c(C)cccc3C)c2)cc1. The molecule has 55 heavy (non-hydrogen) atoms. The van der Waals surface area contributed by atoms with E-state index in [1.807, 2.05) is 18.2 Å². The van der Waals surface area contributed by atoms with Crippen LogP contribution in [0.5, 0.6) is 17.2 Å². The van der Waals surface area contributed by atoms with Crippen LogP contribution in [0.1, 0.15) is 39.3 Å². The first-order chi connectivity index (χ1) is 26.5. The Morgan fingerprint density at radius 2 is 1.11 bits per heavy atom. The number of sulfonamides is 1. The first kappa shape index (κ1) is 40.5. The number of aryl methyl sites for hydroxylation is 2. The quantitative estimate of drug-likeness (QED) is 0.0695. The number of carbonyl (C=O) groups is 2. The number of ether oxygens (including phenoxy) is 5. The van der Waals surface area contributed by atoms with Crippen LogP contribution in [0.2, 0.25) is 0 Å². The van der Waals surface area contributed by atoms with Crippen LogP contribution in [0.3, 0.4) is 0 Å². The molecule has 0 aliphatic heterocycles. The van der Waals surface area contributed by atoms with Crippen LogP contribution < -0.4 is 14.2 Å². The van der Waals surface area contributed by atoms with E-state index in [-0.39, 0.29) is 19.7 Å². The molecule has 0 aliphatic carbocycles. The van der Waals surface area contributed by atoms with Gasteiger partial charge in [-0.25, -0.2) is 8.42 Å². The van der Waals surface area contributed by atoms with Gasteiger partial charge in [0.15, 0.2) is 5.92 Å². The smallest absolute Gasteiger partial charge is 0.320 e. The van der Waals surface area contributed by atoms with Crippen molar-refractivity contribution in [3.8, 4) is 28.4 Å². The number of hydrogen-bond acceptors (Lipinski definition) is 9. The summed E-state index contributed by atoms with van der Waals surface area (Å²) in [7, 11) is 1.22. The highest BCUT2D eigenvalue weighted by Gasteiger charge is 2.41. The highest BCUT2D eigenvalue weighted by atomic mass is 32.2. The molecule has 0 fully saturated rings. The molecule has 0 radical (unpaired) electrons. The second-order valence-electron chi connectivity index (χ2n) is 13.2. The van der Waals surface area contributed by atoms with Crippen molar-refractivity contribution < 1.29 is 41.7 Å². The molecule has 0 bridgehead atoms. The first-order valence-electron chi connectivity index (χ1n) is 17.7. The van der Waals surface area contributed by atoms with Crippen molar-refractivity contribution in [3.63, 3.8) is 0 Å². The van der Waals surface area contributed by atoms with E-state index in [4.69, 9.17) is 23.7 Å². The lowest BCUT2D eigenvalue weighted by Crippen LogP contribution is -2.40. The highest BCUT2D eigenvalue weighted by Crippen LogP contribution is 2.33. The maximum atomic E-state index is 14.5. The maximum absolute atomic E-state index is 14.5. The molecule has 1 unspecified atom stereocenters. The lowest BCUT2D eigenvalue weighted by atomic mass is 9.87. The van der Waals surface area contributed by atoms with Crippen LogP contribution >= 0.6 is 0 Å². The van der Waals surface area contributed by atoms with Gasteiger partial charge in [0.1, 0.15) is 23.9 Å². The number of esters is 2. The van der Waals surface area contributed by atoms with Crippen molar-refractivity contribution in [2.24, 2.45) is 5.92 Å². The molecule has 10 nitrogen and oxygen atoms in total. The Labute approximate surface area is 323 Å². The van der Waals surface area contributed by atoms with Crippen molar-refractivity contribution in [3.05, 3.63) is 149 Å². The van der Waals surface area contributed by atoms with Gasteiger partial charge in [-0.15, -0.1) is 0 Å². The molecule has 5 aromatic carbocycles. The number of rotatable bonds is 17. The number of hydrogen-bond donors (Lipinski definition) is 0. The summed E-state index contributed by atoms with van der Waals surface area (Å²) in [6.07, 6.45) is 0. The van der Waals surface area contributed by atoms with E-state index in [9.17, 15) is 18.0 Å². The van der Waals surface area contributed by atoms with Gasteiger partial charge in [-0.05, 0) is 101 Å². The largest absolute Gasteiger partial charge is 0.497 e. The predicted molar refractivity (Wildman–Crippen MR) is 211 cm³/mol. The zero-order chi connectivity index (χ0) is 39.5. The lowest BCUT2D eigenvalue weighted by Gasteiger charge is -2.28. The van der Waals surface area contributed by atoms with E-state index in [0.29, 0.717) is 33.9 Å². The molecule has 1 atom stereocenters. The van der Waals surface area contributed by atoms with E-state index >= 15 is 0 Å². The third-order valence-electron chi connectivity index (χ3n) is 9.54. The second kappa shape index (κ2) is 18.6. The highest BCUT2D eigenvalue weighted by molar-refractivity contribution is 7.89. The molecule has 288 valence electrons. The third kappa shape index (κ3) is 10.3. The molecule has 0 saturated carbocycles. The van der Waals surface area contributed by atoms with Gasteiger partial charge in [0.25, 0.3) is 0 Å². The molecule has 5 rings (SSSR count). The van der Waals surface area contributed by atoms with Gasteiger partial charge in [-0.1, -0.05) is 72.8 Å². The summed E-state index contributed by atoms with van der Waals surface area (Å²) in [5.41, 5.74) is 7.48. The van der Waals surface area contributed by atoms with Gasteiger partial charge < -0.3 is 23.7 Å². The fraction of sp³-hybridized carbons (Fsp3) is 0.273. The Hall–Kier alpha value is -5.65. The average Bonchev–Trinajstić information content (AvgIpc) is 3.20. The van der Waals surface area contributed by atoms with Gasteiger partial charge in [0.05, 0.1) is 34.2 Å². The van der Waals surface area contributed by atoms with Gasteiger partial charge in [0, 0.05) is 19.0 Å². The summed E-state index contributed by atoms with van der Waals surface area (Å²) in [6.45, 7) is 4.51. The topological polar surface area (TPSA) is 118 Å². The van der Waals surface area contributed by atoms with E-state index < -0.39 is 39.6 Å². The van der Waals surface area contributed by atoms with Crippen LogP contribution in [0.15, 0.2) is 115 Å². The van der Waals surface area contributed by atoms with Crippen molar-refractivity contribution >= 4 is 22.0 Å². The molecule has 0 spiro atoms. The van der Waals surface area contributed by atoms with Gasteiger partial charge >= 0.3 is 11.9 Å². The van der Waals surface area contributed by atoms with Crippen LogP contribution in [0, 0.1) is 19.8 Å². The standard InChI is InChI=1S/C44H47NO9S/c1-30-9-7-10-31(2)41(30)36-12-8-11-34(25-36)28-54-39-23-17-35(18-24-39)40(42(43(46)52-5)44(47)53-6)29-55(48,49)45(26-32-13-19-37(50-3)20-14-32)27-33-15-21-38(51-4)22-16-33/h7-25,40,42H,26-29H2,1-6H3. The predicted octanol–water partition coefficient (Wildman–Crippen LogP) is 7.64. The molecule has 0 aliphatic rings. The molecule has 0 heterocycles. The van der Waals surface area contributed by atoms with Crippen molar-refractivity contribution in [2.45, 2.75) is 39.5 Å². The Balaban J connectivity index is 1.44. The number of methoxy groups -OCH3 is 4. The fourth-order valence-electron chi connectivity index (χ4n) is 6.58. The zero-order valence-electron chi connectivity index (χ0n) is 32.0. The number of nitrogens with zero attached hydrogens (tertiary/aromatic N) is 1. The van der Waals surface area contributed by atoms with Crippen LogP contribution in [-0.2, 0) is 48.8 Å². The van der Waals surface area contributed by atoms with E-state index in [1.54, 1.807) is 87.0 Å². The van der Waals surface area contributed by atoms with Crippen LogP contribution in [-0.4, -0.2) is 58.9 Å². The van der Waals surface area contributed by atoms with Crippen molar-refractivity contribution in [2.75, 3.05) is 34.2 Å². The Morgan fingerprint density at radius 3 is 1.60 bits per heavy atom. The van der Waals surface area contributed by atoms with E-state index in [2.05, 4.69) is 38.1 Å². The van der Waals surface area contributed by atoms with Gasteiger partial charge in [-0.2, -0.15) is 4.31 Å². The lowest BCUT2D eigenvalue weighted by molar-refractivity contribution is -0.159. The summed E-state index contributed by atoms with van der Waals surface area (Å²) < 4.78 is 57.2. The molecular weight excluding hydrogens is 719 g/mol. The fourth-order valence-corrected chi connectivity index (χ4v) is 8.32. The monoisotopic (exact) mass is 765 g/mol. The summed E-state index contributed by atoms with van der Waals surface area (Å²) in [6, 6.07) is 35.3. The van der Waals surface area contributed by atoms with E-state index in [0.717, 1.165) is 25.3 Å². The van der Waals surface area contributed by atoms with Gasteiger partial charge in [0.2, 0.25) is 10.0 Å². The molecule has 5 aromatic rings. The van der Waals surface area contributed by atoms with E-state index in [1.165, 1.54) is 21.0 Å². The summed E-state index contributed by atoms with van der Waals surface area (Å²) in [5, 5.41) is 0. The maximum Gasteiger partial charge on any atom is 0.320 e. The van der Waals surface area contributed by atoms with Crippen LogP contribution in [0.25, 0.3) is 11.1 Å². The molecule has 11 heteroatoms. The Bertz CT molecular complexity index is 2080. The zero-order valence-corrected chi connectivity index (χ0v) is 32.8. The number of benzene rings is 5. The minimum absolute atomic E-state index is 0.0174. The van der Waals surface area contributed by atoms with Crippen molar-refractivity contribution in [1.29, 1.82) is 0 Å². The number of carbonyl (C=O) groups excluding carboxylic acids is 2. The van der Waals surface area contributed by atoms with Crippen molar-refractivity contribution in [1.82, 2.24) is 4.31 Å². The third-order valence-corrected chi connectivity index (χ3v) is 11.4. The summed E-state index contributed by atoms with van der Waals surface area (Å²) in [4.78, 5) is 26.4. The Morgan fingerprint density at radius 1 is 0.618 bits per heavy atom. The molecular formula is C44H47NO9S. The molecule has 0 aromatic heterocycles. The molecule has 0 amide bonds. The summed E-state index contributed by atoms with van der Waals surface area (Å²) in [5.74, 6) is -3.36. The average molecular weight is 766 g/mol. The normalized spacial score (nSPS) is 11.9. The second-order valence-corrected chi connectivity index (χ2v) is 15.2. The Kier molecular flexibility index (Phi) is 13.7. The van der Waals surface area contributed by atoms with Crippen LogP contribution in [0.4, 0.5) is 0 Å². The van der Waals surface area contributed by atoms with Gasteiger partial charge in [-0.3, -0.25) is 9.59 Å².